The summed E-state index contributed by atoms with van der Waals surface area (Å²) in [5, 5.41) is 0. The maximum absolute atomic E-state index is 5.55. The summed E-state index contributed by atoms with van der Waals surface area (Å²) >= 11 is 0. The van der Waals surface area contributed by atoms with Crippen molar-refractivity contribution >= 4 is 5.84 Å². The van der Waals surface area contributed by atoms with Crippen LogP contribution in [0.25, 0.3) is 0 Å². The summed E-state index contributed by atoms with van der Waals surface area (Å²) in [6.07, 6.45) is 0. The maximum Gasteiger partial charge on any atom is 0.121 e. The molecular weight excluding hydrogens is 112 g/mol. The smallest absolute Gasteiger partial charge is 0.121 e. The third-order valence-corrected chi connectivity index (χ3v) is 1.94. The molecule has 2 N–H and O–H groups in total. The van der Waals surface area contributed by atoms with Gasteiger partial charge in [-0.05, 0) is 31.9 Å². The van der Waals surface area contributed by atoms with Crippen LogP contribution in [0.3, 0.4) is 0 Å². The topological polar surface area (TPSA) is 38.4 Å². The summed E-state index contributed by atoms with van der Waals surface area (Å²) < 4.78 is 0. The van der Waals surface area contributed by atoms with E-state index < -0.39 is 0 Å². The number of rotatable bonds is 0. The van der Waals surface area contributed by atoms with Gasteiger partial charge in [0.2, 0.25) is 0 Å². The van der Waals surface area contributed by atoms with Crippen LogP contribution in [0.15, 0.2) is 16.1 Å². The number of nitrogens with zero attached hydrogens (tertiary/aromatic N) is 1. The lowest BCUT2D eigenvalue weighted by molar-refractivity contribution is 0.880. The molecule has 0 aromatic carbocycles. The molecule has 1 unspecified atom stereocenters. The molecule has 2 nitrogen and oxygen atoms in total. The second-order valence-electron chi connectivity index (χ2n) is 2.50. The first-order valence-electron chi connectivity index (χ1n) is 3.14. The lowest BCUT2D eigenvalue weighted by Crippen LogP contribution is -2.09. The molecule has 1 rings (SSSR count). The fourth-order valence-electron chi connectivity index (χ4n) is 0.918. The molecule has 0 spiro atoms. The molecule has 1 atom stereocenters. The summed E-state index contributed by atoms with van der Waals surface area (Å²) in [6.45, 7) is 6.14. The Bertz CT molecular complexity index is 189. The average molecular weight is 124 g/mol. The Labute approximate surface area is 55.5 Å². The van der Waals surface area contributed by atoms with Gasteiger partial charge in [0.25, 0.3) is 0 Å². The zero-order chi connectivity index (χ0) is 7.02. The van der Waals surface area contributed by atoms with Gasteiger partial charge in [0.05, 0.1) is 6.04 Å². The quantitative estimate of drug-likeness (QED) is 0.515. The molecule has 0 fully saturated rings. The highest BCUT2D eigenvalue weighted by Gasteiger charge is 2.14. The van der Waals surface area contributed by atoms with Crippen molar-refractivity contribution in [2.75, 3.05) is 0 Å². The standard InChI is InChI=1S/C7H12N2/c1-4-5(2)7(8)9-6(4)3/h6H,1-3H3,(H2,8,9). The van der Waals surface area contributed by atoms with E-state index >= 15 is 0 Å². The highest BCUT2D eigenvalue weighted by atomic mass is 14.9. The van der Waals surface area contributed by atoms with Gasteiger partial charge in [-0.3, -0.25) is 4.99 Å². The van der Waals surface area contributed by atoms with Gasteiger partial charge < -0.3 is 5.73 Å². The van der Waals surface area contributed by atoms with Crippen LogP contribution in [-0.2, 0) is 0 Å². The van der Waals surface area contributed by atoms with Crippen LogP contribution in [0.1, 0.15) is 20.8 Å². The number of nitrogens with two attached hydrogens (primary N) is 1. The van der Waals surface area contributed by atoms with Gasteiger partial charge in [0.1, 0.15) is 5.84 Å². The molecule has 0 aromatic rings. The van der Waals surface area contributed by atoms with Crippen LogP contribution in [0.4, 0.5) is 0 Å². The van der Waals surface area contributed by atoms with E-state index in [9.17, 15) is 0 Å². The zero-order valence-electron chi connectivity index (χ0n) is 6.10. The largest absolute Gasteiger partial charge is 0.384 e. The van der Waals surface area contributed by atoms with Crippen LogP contribution in [0.5, 0.6) is 0 Å². The first kappa shape index (κ1) is 6.33. The van der Waals surface area contributed by atoms with E-state index in [0.29, 0.717) is 11.9 Å². The molecule has 2 heteroatoms. The van der Waals surface area contributed by atoms with Gasteiger partial charge >= 0.3 is 0 Å². The minimum atomic E-state index is 0.310. The second-order valence-corrected chi connectivity index (χ2v) is 2.50. The molecule has 1 heterocycles. The number of hydrogen-bond acceptors (Lipinski definition) is 2. The van der Waals surface area contributed by atoms with E-state index in [4.69, 9.17) is 5.73 Å². The Morgan fingerprint density at radius 1 is 1.44 bits per heavy atom. The van der Waals surface area contributed by atoms with Crippen LogP contribution in [0.2, 0.25) is 0 Å². The van der Waals surface area contributed by atoms with E-state index in [1.54, 1.807) is 0 Å². The van der Waals surface area contributed by atoms with Gasteiger partial charge in [0, 0.05) is 0 Å². The Morgan fingerprint density at radius 2 is 2.00 bits per heavy atom. The molecule has 0 radical (unpaired) electrons. The van der Waals surface area contributed by atoms with Gasteiger partial charge in [-0.15, -0.1) is 0 Å². The highest BCUT2D eigenvalue weighted by Crippen LogP contribution is 2.17. The van der Waals surface area contributed by atoms with Gasteiger partial charge in [0.15, 0.2) is 0 Å². The van der Waals surface area contributed by atoms with Crippen molar-refractivity contribution < 1.29 is 0 Å². The SMILES string of the molecule is CC1=C(C)C(C)N=C1N. The lowest BCUT2D eigenvalue weighted by atomic mass is 10.1. The Balaban J connectivity index is 2.97. The monoisotopic (exact) mass is 124 g/mol. The van der Waals surface area contributed by atoms with Crippen molar-refractivity contribution in [3.05, 3.63) is 11.1 Å². The first-order chi connectivity index (χ1) is 4.13. The van der Waals surface area contributed by atoms with E-state index in [1.165, 1.54) is 5.57 Å². The predicted molar refractivity (Wildman–Crippen MR) is 39.5 cm³/mol. The summed E-state index contributed by atoms with van der Waals surface area (Å²) in [5.74, 6) is 0.708. The van der Waals surface area contributed by atoms with Crippen LogP contribution in [0, 0.1) is 0 Å². The molecule has 1 aliphatic heterocycles. The molecule has 0 bridgehead atoms. The maximum atomic E-state index is 5.55. The molecule has 50 valence electrons. The Kier molecular flexibility index (Phi) is 1.31. The normalized spacial score (nSPS) is 27.0. The average Bonchev–Trinajstić information content (AvgIpc) is 1.98. The Morgan fingerprint density at radius 3 is 2.11 bits per heavy atom. The van der Waals surface area contributed by atoms with Crippen LogP contribution < -0.4 is 5.73 Å². The molecule has 0 aliphatic carbocycles. The highest BCUT2D eigenvalue weighted by molar-refractivity contribution is 5.99. The molecule has 0 saturated heterocycles. The number of amidine groups is 1. The van der Waals surface area contributed by atoms with Crippen molar-refractivity contribution in [3.8, 4) is 0 Å². The third kappa shape index (κ3) is 0.846. The van der Waals surface area contributed by atoms with Crippen LogP contribution >= 0.6 is 0 Å². The molecular formula is C7H12N2. The number of hydrogen-bond donors (Lipinski definition) is 1. The van der Waals surface area contributed by atoms with E-state index in [-0.39, 0.29) is 0 Å². The molecule has 9 heavy (non-hydrogen) atoms. The summed E-state index contributed by atoms with van der Waals surface area (Å²) in [6, 6.07) is 0.310. The fraction of sp³-hybridized carbons (Fsp3) is 0.571. The minimum absolute atomic E-state index is 0.310. The van der Waals surface area contributed by atoms with Crippen molar-refractivity contribution in [1.82, 2.24) is 0 Å². The number of aliphatic imine (C=N–C) groups is 1. The molecule has 1 aliphatic rings. The molecule has 0 aromatic heterocycles. The van der Waals surface area contributed by atoms with Gasteiger partial charge in [-0.2, -0.15) is 0 Å². The summed E-state index contributed by atoms with van der Waals surface area (Å²) in [7, 11) is 0. The van der Waals surface area contributed by atoms with Gasteiger partial charge in [-0.25, -0.2) is 0 Å². The van der Waals surface area contributed by atoms with E-state index in [0.717, 1.165) is 5.57 Å². The van der Waals surface area contributed by atoms with E-state index in [1.807, 2.05) is 6.92 Å². The first-order valence-corrected chi connectivity index (χ1v) is 3.14. The predicted octanol–water partition coefficient (Wildman–Crippen LogP) is 1.08. The minimum Gasteiger partial charge on any atom is -0.384 e. The van der Waals surface area contributed by atoms with Crippen molar-refractivity contribution in [3.63, 3.8) is 0 Å². The zero-order valence-corrected chi connectivity index (χ0v) is 6.10. The van der Waals surface area contributed by atoms with Crippen molar-refractivity contribution in [2.24, 2.45) is 10.7 Å². The van der Waals surface area contributed by atoms with Crippen molar-refractivity contribution in [2.45, 2.75) is 26.8 Å². The molecule has 0 amide bonds. The third-order valence-electron chi connectivity index (χ3n) is 1.94. The fourth-order valence-corrected chi connectivity index (χ4v) is 0.918. The lowest BCUT2D eigenvalue weighted by Gasteiger charge is -1.97. The summed E-state index contributed by atoms with van der Waals surface area (Å²) in [4.78, 5) is 4.17. The Hall–Kier alpha value is -0.790. The second kappa shape index (κ2) is 1.87. The van der Waals surface area contributed by atoms with Crippen LogP contribution in [-0.4, -0.2) is 11.9 Å². The molecule has 0 saturated carbocycles. The van der Waals surface area contributed by atoms with Gasteiger partial charge in [-0.1, -0.05) is 0 Å². The summed E-state index contributed by atoms with van der Waals surface area (Å²) in [5.41, 5.74) is 8.00. The van der Waals surface area contributed by atoms with E-state index in [2.05, 4.69) is 18.8 Å². The van der Waals surface area contributed by atoms with Crippen molar-refractivity contribution in [1.29, 1.82) is 0 Å².